The largest absolute Gasteiger partial charge is 0.497 e. The summed E-state index contributed by atoms with van der Waals surface area (Å²) in [4.78, 5) is 12.7. The van der Waals surface area contributed by atoms with Gasteiger partial charge in [0.1, 0.15) is 11.6 Å². The minimum atomic E-state index is -0.147. The summed E-state index contributed by atoms with van der Waals surface area (Å²) in [5, 5.41) is 1.46. The Bertz CT molecular complexity index is 887. The number of benzene rings is 2. The lowest BCUT2D eigenvalue weighted by Crippen LogP contribution is -2.21. The maximum atomic E-state index is 12.7. The zero-order valence-electron chi connectivity index (χ0n) is 11.3. The van der Waals surface area contributed by atoms with E-state index in [1.165, 1.54) is 4.57 Å². The molecular weight excluding hydrogens is 332 g/mol. The van der Waals surface area contributed by atoms with Crippen LogP contribution in [-0.2, 0) is 0 Å². The maximum Gasteiger partial charge on any atom is 0.264 e. The Morgan fingerprint density at radius 2 is 1.90 bits per heavy atom. The number of aromatic nitrogens is 1. The Balaban J connectivity index is 2.35. The lowest BCUT2D eigenvalue weighted by molar-refractivity contribution is 0.414. The van der Waals surface area contributed by atoms with Gasteiger partial charge in [0.2, 0.25) is 0 Å². The highest BCUT2D eigenvalue weighted by Crippen LogP contribution is 2.25. The molecule has 0 amide bonds. The van der Waals surface area contributed by atoms with E-state index in [9.17, 15) is 4.79 Å². The van der Waals surface area contributed by atoms with Gasteiger partial charge >= 0.3 is 0 Å². The van der Waals surface area contributed by atoms with Crippen LogP contribution >= 0.6 is 15.9 Å². The second-order valence-electron chi connectivity index (χ2n) is 4.65. The van der Waals surface area contributed by atoms with E-state index in [0.717, 1.165) is 9.86 Å². The van der Waals surface area contributed by atoms with Crippen molar-refractivity contribution in [2.24, 2.45) is 0 Å². The van der Waals surface area contributed by atoms with E-state index in [1.807, 2.05) is 30.3 Å². The fraction of sp³-hybridized carbons (Fsp3) is 0.0625. The monoisotopic (exact) mass is 344 g/mol. The van der Waals surface area contributed by atoms with Crippen LogP contribution in [0.3, 0.4) is 0 Å². The van der Waals surface area contributed by atoms with Crippen molar-refractivity contribution in [3.05, 3.63) is 63.4 Å². The van der Waals surface area contributed by atoms with Crippen LogP contribution < -0.4 is 16.0 Å². The van der Waals surface area contributed by atoms with Crippen molar-refractivity contribution in [1.82, 2.24) is 4.57 Å². The minimum absolute atomic E-state index is 0.147. The molecule has 0 radical (unpaired) electrons. The molecule has 0 saturated carbocycles. The van der Waals surface area contributed by atoms with Gasteiger partial charge in [-0.1, -0.05) is 34.1 Å². The normalized spacial score (nSPS) is 10.8. The van der Waals surface area contributed by atoms with Crippen molar-refractivity contribution in [2.45, 2.75) is 0 Å². The smallest absolute Gasteiger partial charge is 0.264 e. The van der Waals surface area contributed by atoms with Gasteiger partial charge in [0.25, 0.3) is 5.56 Å². The van der Waals surface area contributed by atoms with Crippen molar-refractivity contribution >= 4 is 32.5 Å². The van der Waals surface area contributed by atoms with Crippen LogP contribution in [-0.4, -0.2) is 11.7 Å². The molecule has 1 aromatic heterocycles. The first-order chi connectivity index (χ1) is 10.1. The van der Waals surface area contributed by atoms with Crippen molar-refractivity contribution in [3.63, 3.8) is 0 Å². The Morgan fingerprint density at radius 1 is 1.14 bits per heavy atom. The lowest BCUT2D eigenvalue weighted by atomic mass is 10.1. The Hall–Kier alpha value is -2.27. The number of methoxy groups -OCH3 is 1. The van der Waals surface area contributed by atoms with Gasteiger partial charge in [-0.15, -0.1) is 0 Å². The Morgan fingerprint density at radius 3 is 2.67 bits per heavy atom. The molecule has 4 nitrogen and oxygen atoms in total. The van der Waals surface area contributed by atoms with Gasteiger partial charge < -0.3 is 10.5 Å². The highest BCUT2D eigenvalue weighted by Gasteiger charge is 2.10. The number of halogens is 1. The molecule has 0 aliphatic carbocycles. The van der Waals surface area contributed by atoms with Crippen LogP contribution in [0.25, 0.3) is 16.5 Å². The SMILES string of the molecule is COc1cc(Br)cc(-n2c(N)cc3ccccc3c2=O)c1. The van der Waals surface area contributed by atoms with E-state index in [1.54, 1.807) is 25.3 Å². The summed E-state index contributed by atoms with van der Waals surface area (Å²) in [5.41, 5.74) is 6.58. The summed E-state index contributed by atoms with van der Waals surface area (Å²) in [6, 6.07) is 14.6. The highest BCUT2D eigenvalue weighted by molar-refractivity contribution is 9.10. The van der Waals surface area contributed by atoms with Gasteiger partial charge in [0.15, 0.2) is 0 Å². The third-order valence-electron chi connectivity index (χ3n) is 3.31. The summed E-state index contributed by atoms with van der Waals surface area (Å²) in [5.74, 6) is 1.04. The number of nitrogens with two attached hydrogens (primary N) is 1. The fourth-order valence-electron chi connectivity index (χ4n) is 2.34. The predicted molar refractivity (Wildman–Crippen MR) is 88.2 cm³/mol. The minimum Gasteiger partial charge on any atom is -0.497 e. The molecule has 0 bridgehead atoms. The zero-order valence-corrected chi connectivity index (χ0v) is 12.9. The molecule has 21 heavy (non-hydrogen) atoms. The summed E-state index contributed by atoms with van der Waals surface area (Å²) >= 11 is 3.41. The molecule has 3 rings (SSSR count). The van der Waals surface area contributed by atoms with Gasteiger partial charge in [-0.25, -0.2) is 0 Å². The molecule has 2 aromatic carbocycles. The van der Waals surface area contributed by atoms with Gasteiger partial charge in [0, 0.05) is 15.9 Å². The molecule has 0 aliphatic rings. The van der Waals surface area contributed by atoms with Crippen LogP contribution in [0.15, 0.2) is 57.8 Å². The summed E-state index contributed by atoms with van der Waals surface area (Å²) in [6.07, 6.45) is 0. The second-order valence-corrected chi connectivity index (χ2v) is 5.56. The van der Waals surface area contributed by atoms with Crippen LogP contribution in [0.2, 0.25) is 0 Å². The first-order valence-electron chi connectivity index (χ1n) is 6.35. The highest BCUT2D eigenvalue weighted by atomic mass is 79.9. The zero-order chi connectivity index (χ0) is 15.0. The molecular formula is C16H13BrN2O2. The first-order valence-corrected chi connectivity index (χ1v) is 7.14. The average molecular weight is 345 g/mol. The number of ether oxygens (including phenoxy) is 1. The average Bonchev–Trinajstić information content (AvgIpc) is 2.46. The molecule has 0 fully saturated rings. The van der Waals surface area contributed by atoms with Crippen molar-refractivity contribution in [1.29, 1.82) is 0 Å². The number of hydrogen-bond acceptors (Lipinski definition) is 3. The van der Waals surface area contributed by atoms with Crippen molar-refractivity contribution < 1.29 is 4.74 Å². The third-order valence-corrected chi connectivity index (χ3v) is 3.76. The number of anilines is 1. The molecule has 0 atom stereocenters. The van der Waals surface area contributed by atoms with Gasteiger partial charge in [-0.2, -0.15) is 0 Å². The molecule has 2 N–H and O–H groups in total. The lowest BCUT2D eigenvalue weighted by Gasteiger charge is -2.13. The third kappa shape index (κ3) is 2.40. The van der Waals surface area contributed by atoms with Crippen molar-refractivity contribution in [3.8, 4) is 11.4 Å². The molecule has 1 heterocycles. The molecule has 0 spiro atoms. The fourth-order valence-corrected chi connectivity index (χ4v) is 2.80. The predicted octanol–water partition coefficient (Wildman–Crippen LogP) is 3.34. The Labute approximate surface area is 129 Å². The maximum absolute atomic E-state index is 12.7. The molecule has 0 aliphatic heterocycles. The number of nitrogen functional groups attached to an aromatic ring is 1. The van der Waals surface area contributed by atoms with Gasteiger partial charge in [0.05, 0.1) is 12.8 Å². The van der Waals surface area contributed by atoms with E-state index in [4.69, 9.17) is 10.5 Å². The summed E-state index contributed by atoms with van der Waals surface area (Å²) < 4.78 is 7.54. The quantitative estimate of drug-likeness (QED) is 0.775. The van der Waals surface area contributed by atoms with E-state index in [-0.39, 0.29) is 5.56 Å². The number of hydrogen-bond donors (Lipinski definition) is 1. The van der Waals surface area contributed by atoms with Gasteiger partial charge in [-0.05, 0) is 29.7 Å². The second kappa shape index (κ2) is 5.26. The number of nitrogens with zero attached hydrogens (tertiary/aromatic N) is 1. The molecule has 0 unspecified atom stereocenters. The van der Waals surface area contributed by atoms with Crippen LogP contribution in [0.4, 0.5) is 5.82 Å². The van der Waals surface area contributed by atoms with E-state index >= 15 is 0 Å². The summed E-state index contributed by atoms with van der Waals surface area (Å²) in [7, 11) is 1.58. The number of fused-ring (bicyclic) bond motifs is 1. The van der Waals surface area contributed by atoms with Crippen LogP contribution in [0.5, 0.6) is 5.75 Å². The van der Waals surface area contributed by atoms with E-state index in [0.29, 0.717) is 22.6 Å². The first kappa shape index (κ1) is 13.7. The van der Waals surface area contributed by atoms with Gasteiger partial charge in [-0.3, -0.25) is 9.36 Å². The van der Waals surface area contributed by atoms with E-state index < -0.39 is 0 Å². The Kier molecular flexibility index (Phi) is 3.43. The van der Waals surface area contributed by atoms with Crippen LogP contribution in [0.1, 0.15) is 0 Å². The molecule has 106 valence electrons. The summed E-state index contributed by atoms with van der Waals surface area (Å²) in [6.45, 7) is 0. The molecule has 0 saturated heterocycles. The van der Waals surface area contributed by atoms with Crippen LogP contribution in [0, 0.1) is 0 Å². The topological polar surface area (TPSA) is 57.2 Å². The number of rotatable bonds is 2. The molecule has 5 heteroatoms. The number of pyridine rings is 1. The van der Waals surface area contributed by atoms with Crippen molar-refractivity contribution in [2.75, 3.05) is 12.8 Å². The van der Waals surface area contributed by atoms with E-state index in [2.05, 4.69) is 15.9 Å². The standard InChI is InChI=1S/C16H13BrN2O2/c1-21-13-8-11(17)7-12(9-13)19-15(18)6-10-4-2-3-5-14(10)16(19)20/h2-9H,18H2,1H3. The molecule has 3 aromatic rings.